The molecule has 1 fully saturated rings. The highest BCUT2D eigenvalue weighted by atomic mass is 16.4. The van der Waals surface area contributed by atoms with Gasteiger partial charge in [0.2, 0.25) is 5.89 Å². The van der Waals surface area contributed by atoms with Gasteiger partial charge in [0.05, 0.1) is 18.3 Å². The maximum Gasteiger partial charge on any atom is 0.319 e. The normalized spacial score (nSPS) is 20.8. The Kier molecular flexibility index (Phi) is 4.11. The van der Waals surface area contributed by atoms with Gasteiger partial charge in [0.1, 0.15) is 5.76 Å². The highest BCUT2D eigenvalue weighted by Crippen LogP contribution is 2.23. The lowest BCUT2D eigenvalue weighted by atomic mass is 10.2. The molecule has 22 heavy (non-hydrogen) atoms. The lowest BCUT2D eigenvalue weighted by molar-refractivity contribution is 0.151. The second-order valence-corrected chi connectivity index (χ2v) is 5.56. The third-order valence-corrected chi connectivity index (χ3v) is 3.78. The molecule has 1 aromatic heterocycles. The Morgan fingerprint density at radius 3 is 2.95 bits per heavy atom. The first kappa shape index (κ1) is 14.6. The topological polar surface area (TPSA) is 87.4 Å². The number of aryl methyl sites for hydroxylation is 1. The molecule has 1 saturated carbocycles. The number of carbonyl (C=O) groups is 1. The predicted molar refractivity (Wildman–Crippen MR) is 82.5 cm³/mol. The van der Waals surface area contributed by atoms with Crippen LogP contribution in [0.25, 0.3) is 11.5 Å². The molecular weight excluding hydrogens is 282 g/mol. The number of rotatable bonds is 3. The Morgan fingerprint density at radius 1 is 1.41 bits per heavy atom. The number of anilines is 1. The Bertz CT molecular complexity index is 668. The minimum Gasteiger partial charge on any atom is -0.441 e. The summed E-state index contributed by atoms with van der Waals surface area (Å²) in [5.41, 5.74) is 1.45. The molecule has 0 bridgehead atoms. The van der Waals surface area contributed by atoms with E-state index in [-0.39, 0.29) is 12.1 Å². The van der Waals surface area contributed by atoms with Gasteiger partial charge in [-0.25, -0.2) is 9.78 Å². The number of nitrogens with one attached hydrogen (secondary N) is 2. The van der Waals surface area contributed by atoms with Crippen molar-refractivity contribution in [1.82, 2.24) is 10.3 Å². The van der Waals surface area contributed by atoms with Crippen LogP contribution in [0.1, 0.15) is 25.0 Å². The van der Waals surface area contributed by atoms with Crippen LogP contribution >= 0.6 is 0 Å². The molecule has 0 unspecified atom stereocenters. The van der Waals surface area contributed by atoms with Crippen molar-refractivity contribution in [2.24, 2.45) is 0 Å². The van der Waals surface area contributed by atoms with Gasteiger partial charge in [0.25, 0.3) is 0 Å². The summed E-state index contributed by atoms with van der Waals surface area (Å²) in [6.07, 6.45) is 3.69. The first-order valence-corrected chi connectivity index (χ1v) is 7.40. The maximum absolute atomic E-state index is 12.0. The monoisotopic (exact) mass is 301 g/mol. The Hall–Kier alpha value is -2.34. The third-order valence-electron chi connectivity index (χ3n) is 3.78. The summed E-state index contributed by atoms with van der Waals surface area (Å²) in [7, 11) is 0. The zero-order valence-electron chi connectivity index (χ0n) is 12.4. The van der Waals surface area contributed by atoms with E-state index in [1.54, 1.807) is 18.3 Å². The number of nitrogens with zero attached hydrogens (tertiary/aromatic N) is 1. The first-order valence-electron chi connectivity index (χ1n) is 7.40. The van der Waals surface area contributed by atoms with Crippen molar-refractivity contribution < 1.29 is 14.3 Å². The summed E-state index contributed by atoms with van der Waals surface area (Å²) in [6.45, 7) is 1.83. The van der Waals surface area contributed by atoms with Crippen LogP contribution in [0.3, 0.4) is 0 Å². The van der Waals surface area contributed by atoms with E-state index >= 15 is 0 Å². The van der Waals surface area contributed by atoms with Crippen molar-refractivity contribution in [3.63, 3.8) is 0 Å². The summed E-state index contributed by atoms with van der Waals surface area (Å²) in [6, 6.07) is 6.81. The van der Waals surface area contributed by atoms with Crippen LogP contribution in [-0.2, 0) is 0 Å². The molecule has 0 aliphatic heterocycles. The number of oxazole rings is 1. The predicted octanol–water partition coefficient (Wildman–Crippen LogP) is 2.68. The highest BCUT2D eigenvalue weighted by molar-refractivity contribution is 5.90. The molecule has 2 atom stereocenters. The van der Waals surface area contributed by atoms with Crippen LogP contribution in [0.15, 0.2) is 34.9 Å². The molecular formula is C16H19N3O3. The van der Waals surface area contributed by atoms with Gasteiger partial charge in [-0.1, -0.05) is 6.07 Å². The fraction of sp³-hybridized carbons (Fsp3) is 0.375. The van der Waals surface area contributed by atoms with Gasteiger partial charge in [-0.15, -0.1) is 0 Å². The third kappa shape index (κ3) is 3.28. The average Bonchev–Trinajstić information content (AvgIpc) is 3.09. The van der Waals surface area contributed by atoms with Gasteiger partial charge >= 0.3 is 6.03 Å². The number of aliphatic hydroxyl groups is 1. The number of urea groups is 1. The van der Waals surface area contributed by atoms with Gasteiger partial charge < -0.3 is 20.2 Å². The molecule has 3 rings (SSSR count). The van der Waals surface area contributed by atoms with Gasteiger partial charge in [-0.3, -0.25) is 0 Å². The zero-order chi connectivity index (χ0) is 15.5. The Morgan fingerprint density at radius 2 is 2.27 bits per heavy atom. The summed E-state index contributed by atoms with van der Waals surface area (Å²) < 4.78 is 5.48. The largest absolute Gasteiger partial charge is 0.441 e. The van der Waals surface area contributed by atoms with Crippen molar-refractivity contribution >= 4 is 11.7 Å². The minimum absolute atomic E-state index is 0.169. The number of aliphatic hydroxyl groups excluding tert-OH is 1. The van der Waals surface area contributed by atoms with Crippen molar-refractivity contribution in [3.8, 4) is 11.5 Å². The molecule has 0 saturated heterocycles. The van der Waals surface area contributed by atoms with E-state index in [0.29, 0.717) is 11.6 Å². The summed E-state index contributed by atoms with van der Waals surface area (Å²) in [5.74, 6) is 1.26. The molecule has 6 nitrogen and oxygen atoms in total. The van der Waals surface area contributed by atoms with Crippen molar-refractivity contribution in [2.75, 3.05) is 5.32 Å². The molecule has 3 N–H and O–H groups in total. The van der Waals surface area contributed by atoms with Gasteiger partial charge in [-0.05, 0) is 44.4 Å². The van der Waals surface area contributed by atoms with Crippen LogP contribution in [0.5, 0.6) is 0 Å². The molecule has 1 heterocycles. The van der Waals surface area contributed by atoms with Crippen molar-refractivity contribution in [1.29, 1.82) is 0 Å². The van der Waals surface area contributed by atoms with E-state index in [1.807, 2.05) is 19.1 Å². The fourth-order valence-electron chi connectivity index (χ4n) is 2.66. The van der Waals surface area contributed by atoms with Crippen LogP contribution in [-0.4, -0.2) is 28.3 Å². The lowest BCUT2D eigenvalue weighted by Crippen LogP contribution is -2.42. The van der Waals surface area contributed by atoms with Gasteiger partial charge in [0, 0.05) is 11.3 Å². The maximum atomic E-state index is 12.0. The average molecular weight is 301 g/mol. The van der Waals surface area contributed by atoms with E-state index in [1.165, 1.54) is 0 Å². The molecule has 6 heteroatoms. The fourth-order valence-corrected chi connectivity index (χ4v) is 2.66. The van der Waals surface area contributed by atoms with Crippen LogP contribution in [0.2, 0.25) is 0 Å². The molecule has 2 amide bonds. The number of hydrogen-bond acceptors (Lipinski definition) is 4. The molecule has 1 aliphatic carbocycles. The molecule has 0 radical (unpaired) electrons. The van der Waals surface area contributed by atoms with Gasteiger partial charge in [-0.2, -0.15) is 0 Å². The van der Waals surface area contributed by atoms with E-state index in [2.05, 4.69) is 15.6 Å². The molecule has 0 spiro atoms. The molecule has 116 valence electrons. The van der Waals surface area contributed by atoms with Crippen LogP contribution < -0.4 is 10.6 Å². The number of benzene rings is 1. The van der Waals surface area contributed by atoms with E-state index in [9.17, 15) is 9.90 Å². The minimum atomic E-state index is -0.452. The standard InChI is InChI=1S/C16H19N3O3/c1-10-9-17-15(22-10)11-4-2-5-12(8-11)18-16(21)19-13-6-3-7-14(13)20/h2,4-5,8-9,13-14,20H,3,6-7H2,1H3,(H2,18,19,21)/t13-,14+/m1/s1. The Labute approximate surface area is 128 Å². The highest BCUT2D eigenvalue weighted by Gasteiger charge is 2.26. The van der Waals surface area contributed by atoms with Crippen molar-refractivity contribution in [2.45, 2.75) is 38.3 Å². The number of amides is 2. The van der Waals surface area contributed by atoms with Crippen LogP contribution in [0.4, 0.5) is 10.5 Å². The summed E-state index contributed by atoms with van der Waals surface area (Å²) >= 11 is 0. The number of hydrogen-bond donors (Lipinski definition) is 3. The molecule has 1 aliphatic rings. The molecule has 1 aromatic carbocycles. The quantitative estimate of drug-likeness (QED) is 0.813. The zero-order valence-corrected chi connectivity index (χ0v) is 12.4. The summed E-state index contributed by atoms with van der Waals surface area (Å²) in [4.78, 5) is 16.2. The number of carbonyl (C=O) groups excluding carboxylic acids is 1. The second-order valence-electron chi connectivity index (χ2n) is 5.56. The van der Waals surface area contributed by atoms with Gasteiger partial charge in [0.15, 0.2) is 0 Å². The summed E-state index contributed by atoms with van der Waals surface area (Å²) in [5, 5.41) is 15.3. The lowest BCUT2D eigenvalue weighted by Gasteiger charge is -2.17. The van der Waals surface area contributed by atoms with Crippen LogP contribution in [0, 0.1) is 6.92 Å². The van der Waals surface area contributed by atoms with Crippen molar-refractivity contribution in [3.05, 3.63) is 36.2 Å². The molecule has 2 aromatic rings. The second kappa shape index (κ2) is 6.19. The number of aromatic nitrogens is 1. The van der Waals surface area contributed by atoms with E-state index in [0.717, 1.165) is 30.6 Å². The van der Waals surface area contributed by atoms with E-state index in [4.69, 9.17) is 4.42 Å². The van der Waals surface area contributed by atoms with E-state index < -0.39 is 6.10 Å². The first-order chi connectivity index (χ1) is 10.6. The SMILES string of the molecule is Cc1cnc(-c2cccc(NC(=O)N[C@@H]3CCC[C@@H]3O)c2)o1. The Balaban J connectivity index is 1.66. The smallest absolute Gasteiger partial charge is 0.319 e.